The summed E-state index contributed by atoms with van der Waals surface area (Å²) < 4.78 is 11.1. The number of nitriles is 1. The van der Waals surface area contributed by atoms with Gasteiger partial charge in [0.2, 0.25) is 5.91 Å². The minimum atomic E-state index is -0.0701. The summed E-state index contributed by atoms with van der Waals surface area (Å²) in [6, 6.07) is 15.0. The summed E-state index contributed by atoms with van der Waals surface area (Å²) in [5.74, 6) is 1.58. The number of benzene rings is 2. The van der Waals surface area contributed by atoms with E-state index in [0.717, 1.165) is 23.5 Å². The Labute approximate surface area is 139 Å². The number of ether oxygens (including phenoxy) is 2. The summed E-state index contributed by atoms with van der Waals surface area (Å²) in [4.78, 5) is 12.4. The average Bonchev–Trinajstić information content (AvgIpc) is 3.43. The fourth-order valence-electron chi connectivity index (χ4n) is 3.06. The molecule has 1 aliphatic heterocycles. The van der Waals surface area contributed by atoms with Gasteiger partial charge in [-0.3, -0.25) is 4.79 Å². The zero-order chi connectivity index (χ0) is 16.5. The molecule has 120 valence electrons. The van der Waals surface area contributed by atoms with Crippen molar-refractivity contribution in [1.82, 2.24) is 0 Å². The minimum Gasteiger partial charge on any atom is -0.486 e. The van der Waals surface area contributed by atoms with Gasteiger partial charge in [-0.1, -0.05) is 18.2 Å². The van der Waals surface area contributed by atoms with Crippen molar-refractivity contribution in [3.8, 4) is 17.6 Å². The molecule has 4 rings (SSSR count). The van der Waals surface area contributed by atoms with Crippen LogP contribution in [0.25, 0.3) is 0 Å². The Hall–Kier alpha value is -3.00. The largest absolute Gasteiger partial charge is 0.486 e. The van der Waals surface area contributed by atoms with Crippen molar-refractivity contribution < 1.29 is 14.3 Å². The molecule has 1 fully saturated rings. The van der Waals surface area contributed by atoms with E-state index in [2.05, 4.69) is 11.4 Å². The zero-order valence-electron chi connectivity index (χ0n) is 13.0. The van der Waals surface area contributed by atoms with Crippen molar-refractivity contribution in [1.29, 1.82) is 5.26 Å². The molecular formula is C19H16N2O3. The van der Waals surface area contributed by atoms with Gasteiger partial charge in [-0.2, -0.15) is 5.26 Å². The number of fused-ring (bicyclic) bond motifs is 1. The second kappa shape index (κ2) is 5.89. The lowest BCUT2D eigenvalue weighted by atomic mass is 10.1. The Morgan fingerprint density at radius 3 is 2.75 bits per heavy atom. The molecule has 1 aliphatic carbocycles. The molecule has 0 saturated heterocycles. The fraction of sp³-hybridized carbons (Fsp3) is 0.263. The highest BCUT2D eigenvalue weighted by atomic mass is 16.6. The third-order valence-corrected chi connectivity index (χ3v) is 4.43. The Morgan fingerprint density at radius 2 is 1.92 bits per heavy atom. The predicted molar refractivity (Wildman–Crippen MR) is 88.1 cm³/mol. The van der Waals surface area contributed by atoms with Crippen LogP contribution in [0.1, 0.15) is 23.5 Å². The maximum absolute atomic E-state index is 12.4. The molecule has 1 N–H and O–H groups in total. The van der Waals surface area contributed by atoms with Gasteiger partial charge in [0.1, 0.15) is 19.3 Å². The van der Waals surface area contributed by atoms with E-state index in [1.54, 1.807) is 18.2 Å². The van der Waals surface area contributed by atoms with E-state index in [-0.39, 0.29) is 17.7 Å². The lowest BCUT2D eigenvalue weighted by molar-refractivity contribution is -0.117. The van der Waals surface area contributed by atoms with Crippen molar-refractivity contribution in [2.45, 2.75) is 12.3 Å². The number of amides is 1. The highest BCUT2D eigenvalue weighted by molar-refractivity contribution is 5.96. The molecule has 2 aromatic carbocycles. The topological polar surface area (TPSA) is 71.4 Å². The van der Waals surface area contributed by atoms with Gasteiger partial charge in [0.05, 0.1) is 11.3 Å². The van der Waals surface area contributed by atoms with Gasteiger partial charge in [0.15, 0.2) is 11.5 Å². The second-order valence-corrected chi connectivity index (χ2v) is 6.00. The highest BCUT2D eigenvalue weighted by Crippen LogP contribution is 2.49. The van der Waals surface area contributed by atoms with E-state index in [0.29, 0.717) is 24.5 Å². The second-order valence-electron chi connectivity index (χ2n) is 6.00. The van der Waals surface area contributed by atoms with Gasteiger partial charge >= 0.3 is 0 Å². The molecule has 2 aromatic rings. The number of carbonyl (C=O) groups excluding carboxylic acids is 1. The molecule has 5 heteroatoms. The number of nitrogens with one attached hydrogen (secondary N) is 1. The molecule has 0 spiro atoms. The standard InChI is InChI=1S/C19H16N2O3/c20-11-13-3-1-2-4-16(13)21-19(22)15-10-14(15)12-5-6-17-18(9-12)24-8-7-23-17/h1-6,9,14-15H,7-8,10H2,(H,21,22). The van der Waals surface area contributed by atoms with Gasteiger partial charge in [0, 0.05) is 5.92 Å². The van der Waals surface area contributed by atoms with Gasteiger partial charge in [-0.15, -0.1) is 0 Å². The van der Waals surface area contributed by atoms with Crippen LogP contribution in [-0.2, 0) is 4.79 Å². The van der Waals surface area contributed by atoms with Crippen LogP contribution in [-0.4, -0.2) is 19.1 Å². The van der Waals surface area contributed by atoms with Crippen molar-refractivity contribution >= 4 is 11.6 Å². The molecule has 1 amide bonds. The first-order valence-electron chi connectivity index (χ1n) is 7.96. The molecule has 24 heavy (non-hydrogen) atoms. The first-order chi connectivity index (χ1) is 11.8. The number of hydrogen-bond acceptors (Lipinski definition) is 4. The lowest BCUT2D eigenvalue weighted by Gasteiger charge is -2.18. The summed E-state index contributed by atoms with van der Waals surface area (Å²) in [5, 5.41) is 12.0. The number of rotatable bonds is 3. The number of hydrogen-bond donors (Lipinski definition) is 1. The quantitative estimate of drug-likeness (QED) is 0.943. The Morgan fingerprint density at radius 1 is 1.12 bits per heavy atom. The molecule has 0 radical (unpaired) electrons. The van der Waals surface area contributed by atoms with Crippen LogP contribution >= 0.6 is 0 Å². The van der Waals surface area contributed by atoms with Crippen LogP contribution in [0.4, 0.5) is 5.69 Å². The molecule has 0 aromatic heterocycles. The zero-order valence-corrected chi connectivity index (χ0v) is 13.0. The SMILES string of the molecule is N#Cc1ccccc1NC(=O)C1CC1c1ccc2c(c1)OCCO2. The van der Waals surface area contributed by atoms with Crippen LogP contribution in [0.5, 0.6) is 11.5 Å². The summed E-state index contributed by atoms with van der Waals surface area (Å²) in [6.45, 7) is 1.12. The third kappa shape index (κ3) is 2.67. The molecule has 2 unspecified atom stereocenters. The van der Waals surface area contributed by atoms with Gasteiger partial charge in [-0.05, 0) is 42.2 Å². The Kier molecular flexibility index (Phi) is 3.58. The minimum absolute atomic E-state index is 0.0439. The number of nitrogens with zero attached hydrogens (tertiary/aromatic N) is 1. The smallest absolute Gasteiger partial charge is 0.228 e. The first-order valence-corrected chi connectivity index (χ1v) is 7.96. The van der Waals surface area contributed by atoms with E-state index >= 15 is 0 Å². The van der Waals surface area contributed by atoms with Crippen LogP contribution < -0.4 is 14.8 Å². The molecule has 5 nitrogen and oxygen atoms in total. The summed E-state index contributed by atoms with van der Waals surface area (Å²) in [5.41, 5.74) is 2.13. The van der Waals surface area contributed by atoms with Gasteiger partial charge in [0.25, 0.3) is 0 Å². The summed E-state index contributed by atoms with van der Waals surface area (Å²) in [7, 11) is 0. The molecule has 0 bridgehead atoms. The predicted octanol–water partition coefficient (Wildman–Crippen LogP) is 3.07. The maximum atomic E-state index is 12.4. The normalized spacial score (nSPS) is 20.8. The summed E-state index contributed by atoms with van der Waals surface area (Å²) >= 11 is 0. The van der Waals surface area contributed by atoms with Crippen LogP contribution in [0.3, 0.4) is 0 Å². The van der Waals surface area contributed by atoms with Crippen LogP contribution in [0.15, 0.2) is 42.5 Å². The van der Waals surface area contributed by atoms with Crippen LogP contribution in [0, 0.1) is 17.2 Å². The first kappa shape index (κ1) is 14.6. The maximum Gasteiger partial charge on any atom is 0.228 e. The van der Waals surface area contributed by atoms with E-state index < -0.39 is 0 Å². The van der Waals surface area contributed by atoms with Crippen molar-refractivity contribution in [3.05, 3.63) is 53.6 Å². The Balaban J connectivity index is 1.46. The monoisotopic (exact) mass is 320 g/mol. The summed E-state index contributed by atoms with van der Waals surface area (Å²) in [6.07, 6.45) is 0.806. The average molecular weight is 320 g/mol. The van der Waals surface area contributed by atoms with Crippen molar-refractivity contribution in [2.24, 2.45) is 5.92 Å². The van der Waals surface area contributed by atoms with E-state index in [4.69, 9.17) is 14.7 Å². The van der Waals surface area contributed by atoms with Crippen molar-refractivity contribution in [3.63, 3.8) is 0 Å². The highest BCUT2D eigenvalue weighted by Gasteiger charge is 2.44. The fourth-order valence-corrected chi connectivity index (χ4v) is 3.06. The molecular weight excluding hydrogens is 304 g/mol. The van der Waals surface area contributed by atoms with Crippen LogP contribution in [0.2, 0.25) is 0 Å². The number of anilines is 1. The molecule has 2 atom stereocenters. The van der Waals surface area contributed by atoms with E-state index in [1.165, 1.54) is 0 Å². The molecule has 1 saturated carbocycles. The lowest BCUT2D eigenvalue weighted by Crippen LogP contribution is -2.16. The van der Waals surface area contributed by atoms with Gasteiger partial charge < -0.3 is 14.8 Å². The van der Waals surface area contributed by atoms with E-state index in [1.807, 2.05) is 24.3 Å². The number of carbonyl (C=O) groups is 1. The van der Waals surface area contributed by atoms with E-state index in [9.17, 15) is 4.79 Å². The number of para-hydroxylation sites is 1. The molecule has 1 heterocycles. The third-order valence-electron chi connectivity index (χ3n) is 4.43. The van der Waals surface area contributed by atoms with Gasteiger partial charge in [-0.25, -0.2) is 0 Å². The molecule has 2 aliphatic rings. The van der Waals surface area contributed by atoms with Crippen molar-refractivity contribution in [2.75, 3.05) is 18.5 Å². The Bertz CT molecular complexity index is 841.